The molecule has 1 aliphatic carbocycles. The van der Waals surface area contributed by atoms with Gasteiger partial charge in [0.25, 0.3) is 5.91 Å². The molecule has 2 heterocycles. The van der Waals surface area contributed by atoms with Gasteiger partial charge in [-0.2, -0.15) is 13.2 Å². The molecule has 2 aliphatic rings. The van der Waals surface area contributed by atoms with Gasteiger partial charge in [0.05, 0.1) is 22.2 Å². The molecule has 0 N–H and O–H groups in total. The Bertz CT molecular complexity index is 875. The molecule has 9 heteroatoms. The standard InChI is InChI=1S/C17H16ClF3N4O/c1-9-14-22-23-15(10-5-6-10)25(14)8-7-24(9)16(26)11-3-2-4-12(13(11)18)17(19,20)21/h2-4,9-10H,5-8H2,1H3. The topological polar surface area (TPSA) is 51.0 Å². The molecule has 2 aromatic rings. The van der Waals surface area contributed by atoms with Gasteiger partial charge >= 0.3 is 6.18 Å². The smallest absolute Gasteiger partial charge is 0.327 e. The first-order chi connectivity index (χ1) is 12.3. The second-order valence-corrected chi connectivity index (χ2v) is 7.06. The van der Waals surface area contributed by atoms with Crippen molar-refractivity contribution in [3.05, 3.63) is 46.0 Å². The van der Waals surface area contributed by atoms with Gasteiger partial charge in [0.1, 0.15) is 5.82 Å². The van der Waals surface area contributed by atoms with E-state index in [1.165, 1.54) is 17.0 Å². The van der Waals surface area contributed by atoms with Crippen LogP contribution in [0.2, 0.25) is 5.02 Å². The third-order valence-corrected chi connectivity index (χ3v) is 5.36. The van der Waals surface area contributed by atoms with Gasteiger partial charge in [-0.3, -0.25) is 4.79 Å². The van der Waals surface area contributed by atoms with E-state index in [1.807, 2.05) is 4.57 Å². The summed E-state index contributed by atoms with van der Waals surface area (Å²) in [6.45, 7) is 2.70. The van der Waals surface area contributed by atoms with E-state index in [9.17, 15) is 18.0 Å². The zero-order valence-electron chi connectivity index (χ0n) is 13.9. The third kappa shape index (κ3) is 2.76. The molecule has 0 saturated heterocycles. The molecule has 1 fully saturated rings. The van der Waals surface area contributed by atoms with Crippen molar-refractivity contribution in [2.75, 3.05) is 6.54 Å². The Balaban J connectivity index is 1.65. The average molecular weight is 385 g/mol. The Morgan fingerprint density at radius 3 is 2.54 bits per heavy atom. The lowest BCUT2D eigenvalue weighted by atomic mass is 10.1. The zero-order valence-corrected chi connectivity index (χ0v) is 14.7. The SMILES string of the molecule is CC1c2nnc(C3CC3)n2CCN1C(=O)c1cccc(C(F)(F)F)c1Cl. The Hall–Kier alpha value is -2.09. The molecule has 1 aromatic carbocycles. The van der Waals surface area contributed by atoms with Crippen LogP contribution in [0.1, 0.15) is 59.3 Å². The molecule has 5 nitrogen and oxygen atoms in total. The first-order valence-electron chi connectivity index (χ1n) is 8.38. The van der Waals surface area contributed by atoms with Crippen molar-refractivity contribution in [2.24, 2.45) is 0 Å². The van der Waals surface area contributed by atoms with Gasteiger partial charge in [-0.15, -0.1) is 10.2 Å². The van der Waals surface area contributed by atoms with Gasteiger partial charge < -0.3 is 9.47 Å². The molecule has 1 saturated carbocycles. The van der Waals surface area contributed by atoms with Gasteiger partial charge in [-0.05, 0) is 31.9 Å². The van der Waals surface area contributed by atoms with Crippen molar-refractivity contribution in [3.8, 4) is 0 Å². The Labute approximate surface area is 152 Å². The van der Waals surface area contributed by atoms with Gasteiger partial charge in [0, 0.05) is 19.0 Å². The van der Waals surface area contributed by atoms with Crippen LogP contribution >= 0.6 is 11.6 Å². The minimum absolute atomic E-state index is 0.149. The number of benzene rings is 1. The van der Waals surface area contributed by atoms with Crippen LogP contribution in [0.3, 0.4) is 0 Å². The number of fused-ring (bicyclic) bond motifs is 1. The van der Waals surface area contributed by atoms with Crippen LogP contribution in [0.25, 0.3) is 0 Å². The number of hydrogen-bond acceptors (Lipinski definition) is 3. The number of aromatic nitrogens is 3. The molecule has 138 valence electrons. The largest absolute Gasteiger partial charge is 0.417 e. The second-order valence-electron chi connectivity index (χ2n) is 6.68. The monoisotopic (exact) mass is 384 g/mol. The molecule has 0 radical (unpaired) electrons. The van der Waals surface area contributed by atoms with E-state index in [0.29, 0.717) is 24.8 Å². The first kappa shape index (κ1) is 17.3. The number of carbonyl (C=O) groups excluding carboxylic acids is 1. The maximum atomic E-state index is 13.1. The lowest BCUT2D eigenvalue weighted by molar-refractivity contribution is -0.137. The predicted octanol–water partition coefficient (Wildman–Crippen LogP) is 4.04. The number of nitrogens with zero attached hydrogens (tertiary/aromatic N) is 4. The molecule has 1 atom stereocenters. The molecule has 26 heavy (non-hydrogen) atoms. The van der Waals surface area contributed by atoms with E-state index in [4.69, 9.17) is 11.6 Å². The van der Waals surface area contributed by atoms with Crippen molar-refractivity contribution in [1.29, 1.82) is 0 Å². The number of carbonyl (C=O) groups is 1. The Morgan fingerprint density at radius 2 is 1.88 bits per heavy atom. The van der Waals surface area contributed by atoms with E-state index >= 15 is 0 Å². The van der Waals surface area contributed by atoms with Crippen LogP contribution in [-0.2, 0) is 12.7 Å². The maximum absolute atomic E-state index is 13.1. The van der Waals surface area contributed by atoms with Crippen LogP contribution < -0.4 is 0 Å². The van der Waals surface area contributed by atoms with E-state index in [1.54, 1.807) is 6.92 Å². The Morgan fingerprint density at radius 1 is 1.19 bits per heavy atom. The normalized spacial score (nSPS) is 20.2. The summed E-state index contributed by atoms with van der Waals surface area (Å²) >= 11 is 5.91. The number of rotatable bonds is 2. The fourth-order valence-corrected chi connectivity index (χ4v) is 3.71. The quantitative estimate of drug-likeness (QED) is 0.785. The second kappa shape index (κ2) is 5.97. The summed E-state index contributed by atoms with van der Waals surface area (Å²) in [5, 5.41) is 7.88. The highest BCUT2D eigenvalue weighted by Gasteiger charge is 2.38. The van der Waals surface area contributed by atoms with Gasteiger partial charge in [0.15, 0.2) is 5.82 Å². The molecule has 1 aromatic heterocycles. The molecular formula is C17H16ClF3N4O. The fourth-order valence-electron chi connectivity index (χ4n) is 3.40. The maximum Gasteiger partial charge on any atom is 0.417 e. The summed E-state index contributed by atoms with van der Waals surface area (Å²) in [6, 6.07) is 3.00. The lowest BCUT2D eigenvalue weighted by Crippen LogP contribution is -2.41. The third-order valence-electron chi connectivity index (χ3n) is 4.95. The number of amides is 1. The average Bonchev–Trinajstić information content (AvgIpc) is 3.33. The highest BCUT2D eigenvalue weighted by Crippen LogP contribution is 2.41. The minimum atomic E-state index is -4.61. The van der Waals surface area contributed by atoms with Crippen molar-refractivity contribution in [3.63, 3.8) is 0 Å². The number of halogens is 4. The number of alkyl halides is 3. The van der Waals surface area contributed by atoms with Crippen LogP contribution in [0, 0.1) is 0 Å². The van der Waals surface area contributed by atoms with Crippen molar-refractivity contribution in [1.82, 2.24) is 19.7 Å². The van der Waals surface area contributed by atoms with Crippen LogP contribution in [0.5, 0.6) is 0 Å². The van der Waals surface area contributed by atoms with Gasteiger partial charge in [-0.25, -0.2) is 0 Å². The molecule has 0 spiro atoms. The predicted molar refractivity (Wildman–Crippen MR) is 87.9 cm³/mol. The van der Waals surface area contributed by atoms with Gasteiger partial charge in [-0.1, -0.05) is 17.7 Å². The summed E-state index contributed by atoms with van der Waals surface area (Å²) in [5.74, 6) is 1.50. The fraction of sp³-hybridized carbons (Fsp3) is 0.471. The first-order valence-corrected chi connectivity index (χ1v) is 8.76. The summed E-state index contributed by atoms with van der Waals surface area (Å²) < 4.78 is 41.2. The molecule has 1 aliphatic heterocycles. The van der Waals surface area contributed by atoms with Crippen LogP contribution in [-0.4, -0.2) is 32.1 Å². The molecule has 1 unspecified atom stereocenters. The molecule has 1 amide bonds. The summed E-state index contributed by atoms with van der Waals surface area (Å²) in [7, 11) is 0. The molecular weight excluding hydrogens is 369 g/mol. The zero-order chi connectivity index (χ0) is 18.6. The molecule has 4 rings (SSSR count). The summed E-state index contributed by atoms with van der Waals surface area (Å²) in [4.78, 5) is 14.4. The van der Waals surface area contributed by atoms with E-state index < -0.39 is 22.7 Å². The lowest BCUT2D eigenvalue weighted by Gasteiger charge is -2.34. The van der Waals surface area contributed by atoms with E-state index in [-0.39, 0.29) is 11.6 Å². The molecule has 0 bridgehead atoms. The minimum Gasteiger partial charge on any atom is -0.327 e. The van der Waals surface area contributed by atoms with Crippen LogP contribution in [0.15, 0.2) is 18.2 Å². The van der Waals surface area contributed by atoms with Crippen molar-refractivity contribution < 1.29 is 18.0 Å². The van der Waals surface area contributed by atoms with Crippen molar-refractivity contribution >= 4 is 17.5 Å². The number of hydrogen-bond donors (Lipinski definition) is 0. The summed E-state index contributed by atoms with van der Waals surface area (Å²) in [5.41, 5.74) is -1.16. The Kier molecular flexibility index (Phi) is 3.98. The highest BCUT2D eigenvalue weighted by atomic mass is 35.5. The summed E-state index contributed by atoms with van der Waals surface area (Å²) in [6.07, 6.45) is -2.43. The van der Waals surface area contributed by atoms with Gasteiger partial charge in [0.2, 0.25) is 0 Å². The highest BCUT2D eigenvalue weighted by molar-refractivity contribution is 6.34. The van der Waals surface area contributed by atoms with E-state index in [0.717, 1.165) is 24.7 Å². The van der Waals surface area contributed by atoms with Crippen LogP contribution in [0.4, 0.5) is 13.2 Å². The van der Waals surface area contributed by atoms with E-state index in [2.05, 4.69) is 10.2 Å². The van der Waals surface area contributed by atoms with Crippen molar-refractivity contribution in [2.45, 2.75) is 44.4 Å².